The highest BCUT2D eigenvalue weighted by atomic mass is 16.7. The maximum atomic E-state index is 12.4. The van der Waals surface area contributed by atoms with Crippen LogP contribution in [0.3, 0.4) is 0 Å². The van der Waals surface area contributed by atoms with E-state index in [0.717, 1.165) is 6.54 Å². The Balaban J connectivity index is -0.00000104. The molecule has 60 heavy (non-hydrogen) atoms. The van der Waals surface area contributed by atoms with Gasteiger partial charge < -0.3 is 70.7 Å². The topological polar surface area (TPSA) is 259 Å². The molecule has 0 heterocycles. The minimum absolute atomic E-state index is 0.0835. The number of rotatable bonds is 34. The molecule has 7 atom stereocenters. The molecule has 2 amide bonds. The minimum atomic E-state index is -2.35. The molecule has 0 spiro atoms. The van der Waals surface area contributed by atoms with Crippen molar-refractivity contribution in [2.75, 3.05) is 39.9 Å². The lowest BCUT2D eigenvalue weighted by Crippen LogP contribution is -2.55. The quantitative estimate of drug-likeness (QED) is 0.0329. The first-order valence-electron chi connectivity index (χ1n) is 22.4. The Morgan fingerprint density at radius 3 is 1.57 bits per heavy atom. The number of carbonyl (C=O) groups excluding carboxylic acids is 3. The average Bonchev–Trinajstić information content (AvgIpc) is 3.20. The molecule has 0 saturated carbocycles. The van der Waals surface area contributed by atoms with Crippen LogP contribution in [-0.4, -0.2) is 159 Å². The summed E-state index contributed by atoms with van der Waals surface area (Å²) in [5.74, 6) is -0.696. The van der Waals surface area contributed by atoms with Crippen molar-refractivity contribution in [1.82, 2.24) is 15.5 Å². The van der Waals surface area contributed by atoms with Crippen molar-refractivity contribution in [2.24, 2.45) is 5.41 Å². The number of ether oxygens (including phenoxy) is 2. The van der Waals surface area contributed by atoms with Gasteiger partial charge in [-0.25, -0.2) is 0 Å². The van der Waals surface area contributed by atoms with E-state index >= 15 is 0 Å². The molecule has 16 nitrogen and oxygen atoms in total. The smallest absolute Gasteiger partial charge is 0.251 e. The van der Waals surface area contributed by atoms with Gasteiger partial charge in [-0.3, -0.25) is 9.59 Å². The van der Waals surface area contributed by atoms with Crippen molar-refractivity contribution < 1.29 is 64.7 Å². The summed E-state index contributed by atoms with van der Waals surface area (Å²) in [6, 6.07) is 0. The van der Waals surface area contributed by atoms with Gasteiger partial charge in [-0.05, 0) is 59.5 Å². The van der Waals surface area contributed by atoms with Crippen LogP contribution in [0.5, 0.6) is 0 Å². The number of amides is 2. The van der Waals surface area contributed by atoms with Crippen LogP contribution in [0.15, 0.2) is 0 Å². The highest BCUT2D eigenvalue weighted by Crippen LogP contribution is 2.29. The Bertz CT molecular complexity index is 1020. The molecule has 0 aliphatic heterocycles. The summed E-state index contributed by atoms with van der Waals surface area (Å²) in [6.45, 7) is 18.6. The van der Waals surface area contributed by atoms with Crippen molar-refractivity contribution in [2.45, 2.75) is 219 Å². The standard InChI is InChI=1S/C27H55NO.C16H34N2O11.CH2O/c1-8-10-11-12-13-14-15-16-17-18-19-20-21-22-23-27(6,7)24-28(25(29)9-2)26(3,4)5;1-8(21)10(7-20)28-16(15(26)27)29-13(9(22)6-19)11(23)12(24)14(25)18-5-3-4-17-2;1-2/h8-24H2,1-7H3;8-13,15-17,19-24,26-27H,3-7H2,1-2H3,(H,18,25);1H2. The second kappa shape index (κ2) is 37.7. The minimum Gasteiger partial charge on any atom is -0.394 e. The fourth-order valence-corrected chi connectivity index (χ4v) is 6.42. The maximum Gasteiger partial charge on any atom is 0.251 e. The lowest BCUT2D eigenvalue weighted by atomic mass is 9.84. The Morgan fingerprint density at radius 2 is 1.18 bits per heavy atom. The molecule has 360 valence electrons. The van der Waals surface area contributed by atoms with Crippen LogP contribution in [-0.2, 0) is 23.9 Å². The number of aliphatic hydroxyl groups excluding tert-OH is 7. The molecule has 0 radical (unpaired) electrons. The van der Waals surface area contributed by atoms with E-state index in [1.165, 1.54) is 103 Å². The summed E-state index contributed by atoms with van der Waals surface area (Å²) < 4.78 is 10.1. The monoisotopic (exact) mass is 870 g/mol. The van der Waals surface area contributed by atoms with E-state index in [1.807, 2.05) is 13.7 Å². The van der Waals surface area contributed by atoms with E-state index in [4.69, 9.17) is 24.5 Å². The molecule has 0 rings (SSSR count). The third kappa shape index (κ3) is 31.1. The van der Waals surface area contributed by atoms with Crippen molar-refractivity contribution in [1.29, 1.82) is 0 Å². The van der Waals surface area contributed by atoms with Gasteiger partial charge in [0.25, 0.3) is 5.91 Å². The van der Waals surface area contributed by atoms with Crippen molar-refractivity contribution >= 4 is 18.6 Å². The van der Waals surface area contributed by atoms with Crippen LogP contribution < -0.4 is 10.6 Å². The van der Waals surface area contributed by atoms with Crippen molar-refractivity contribution in [3.63, 3.8) is 0 Å². The molecule has 0 bridgehead atoms. The molecule has 0 aromatic heterocycles. The van der Waals surface area contributed by atoms with Crippen LogP contribution in [0.4, 0.5) is 0 Å². The molecule has 16 heteroatoms. The zero-order valence-corrected chi connectivity index (χ0v) is 38.9. The predicted octanol–water partition coefficient (Wildman–Crippen LogP) is 3.30. The van der Waals surface area contributed by atoms with Gasteiger partial charge >= 0.3 is 0 Å². The van der Waals surface area contributed by atoms with Crippen LogP contribution in [0, 0.1) is 5.41 Å². The molecule has 7 unspecified atom stereocenters. The normalized spacial score (nSPS) is 15.4. The second-order valence-corrected chi connectivity index (χ2v) is 17.4. The lowest BCUT2D eigenvalue weighted by molar-refractivity contribution is -0.313. The first-order valence-corrected chi connectivity index (χ1v) is 22.4. The summed E-state index contributed by atoms with van der Waals surface area (Å²) >= 11 is 0. The average molecular weight is 870 g/mol. The third-order valence-electron chi connectivity index (χ3n) is 10.2. The Hall–Kier alpha value is -1.83. The number of aliphatic hydroxyl groups is 8. The maximum absolute atomic E-state index is 12.4. The molecule has 0 aliphatic rings. The van der Waals surface area contributed by atoms with Gasteiger partial charge in [0.2, 0.25) is 18.5 Å². The highest BCUT2D eigenvalue weighted by Gasteiger charge is 2.40. The van der Waals surface area contributed by atoms with Crippen molar-refractivity contribution in [3.8, 4) is 0 Å². The molecular formula is C44H91N3O13. The molecule has 0 aromatic rings. The van der Waals surface area contributed by atoms with Gasteiger partial charge in [-0.2, -0.15) is 0 Å². The first-order chi connectivity index (χ1) is 28.2. The molecule has 0 aliphatic carbocycles. The predicted molar refractivity (Wildman–Crippen MR) is 235 cm³/mol. The van der Waals surface area contributed by atoms with E-state index in [9.17, 15) is 40.2 Å². The molecular weight excluding hydrogens is 778 g/mol. The Morgan fingerprint density at radius 1 is 0.700 bits per heavy atom. The van der Waals surface area contributed by atoms with Crippen molar-refractivity contribution in [3.05, 3.63) is 0 Å². The van der Waals surface area contributed by atoms with Gasteiger partial charge in [-0.1, -0.05) is 118 Å². The summed E-state index contributed by atoms with van der Waals surface area (Å²) in [5, 5.41) is 82.0. The zero-order valence-electron chi connectivity index (χ0n) is 38.9. The van der Waals surface area contributed by atoms with Gasteiger partial charge in [0, 0.05) is 25.0 Å². The molecule has 0 saturated heterocycles. The number of unbranched alkanes of at least 4 members (excludes halogenated alkanes) is 13. The van der Waals surface area contributed by atoms with E-state index in [1.54, 1.807) is 7.05 Å². The lowest BCUT2D eigenvalue weighted by Gasteiger charge is -2.41. The van der Waals surface area contributed by atoms with E-state index in [0.29, 0.717) is 19.4 Å². The SMILES string of the molecule is C=O.CCCCCCCCCCCCCCCCC(C)(C)CN(C(=O)CC)C(C)(C)C.CNCCCNC(=O)C(O)C(O)C(OC(OC(CO)C(C)O)C(O)O)C(O)CO. The summed E-state index contributed by atoms with van der Waals surface area (Å²) in [5.41, 5.74) is 0.120. The number of nitrogens with one attached hydrogen (secondary N) is 2. The fraction of sp³-hybridized carbons (Fsp3) is 0.932. The number of carbonyl (C=O) groups is 3. The van der Waals surface area contributed by atoms with Crippen LogP contribution in [0.1, 0.15) is 165 Å². The van der Waals surface area contributed by atoms with Crippen LogP contribution >= 0.6 is 0 Å². The summed E-state index contributed by atoms with van der Waals surface area (Å²) in [7, 11) is 1.71. The van der Waals surface area contributed by atoms with E-state index in [2.05, 4.69) is 57.1 Å². The highest BCUT2D eigenvalue weighted by molar-refractivity contribution is 5.81. The summed E-state index contributed by atoms with van der Waals surface area (Å²) in [6.07, 6.45) is 7.25. The number of hydrogen-bond acceptors (Lipinski definition) is 14. The first kappa shape index (κ1) is 62.5. The van der Waals surface area contributed by atoms with Gasteiger partial charge in [0.1, 0.15) is 31.2 Å². The molecule has 10 N–H and O–H groups in total. The van der Waals surface area contributed by atoms with Gasteiger partial charge in [0.05, 0.1) is 19.3 Å². The fourth-order valence-electron chi connectivity index (χ4n) is 6.42. The largest absolute Gasteiger partial charge is 0.394 e. The Labute approximate surface area is 362 Å². The van der Waals surface area contributed by atoms with Gasteiger partial charge in [0.15, 0.2) is 6.10 Å². The number of hydrogen-bond donors (Lipinski definition) is 10. The molecule has 0 aromatic carbocycles. The number of nitrogens with zero attached hydrogens (tertiary/aromatic N) is 1. The van der Waals surface area contributed by atoms with Crippen LogP contribution in [0.2, 0.25) is 0 Å². The van der Waals surface area contributed by atoms with E-state index < -0.39 is 68.3 Å². The summed E-state index contributed by atoms with van der Waals surface area (Å²) in [4.78, 5) is 34.4. The Kier molecular flexibility index (Phi) is 39.2. The van der Waals surface area contributed by atoms with Crippen LogP contribution in [0.25, 0.3) is 0 Å². The second-order valence-electron chi connectivity index (χ2n) is 17.4. The third-order valence-corrected chi connectivity index (χ3v) is 10.2. The molecule has 0 fully saturated rings. The zero-order chi connectivity index (χ0) is 46.7. The van der Waals surface area contributed by atoms with Gasteiger partial charge in [-0.15, -0.1) is 0 Å². The van der Waals surface area contributed by atoms with E-state index in [-0.39, 0.29) is 23.4 Å².